The van der Waals surface area contributed by atoms with Gasteiger partial charge in [0.05, 0.1) is 0 Å². The van der Waals surface area contributed by atoms with Gasteiger partial charge >= 0.3 is 7.32 Å². The third kappa shape index (κ3) is 95.6. The normalized spacial score (nSPS) is 4.50. The van der Waals surface area contributed by atoms with E-state index >= 15 is 0 Å². The van der Waals surface area contributed by atoms with Gasteiger partial charge in [-0.05, 0) is 0 Å². The molecule has 0 aliphatic rings. The van der Waals surface area contributed by atoms with Crippen LogP contribution in [0.3, 0.4) is 0 Å². The summed E-state index contributed by atoms with van der Waals surface area (Å²) in [4.78, 5) is 0. The van der Waals surface area contributed by atoms with Crippen LogP contribution in [0.1, 0.15) is 0 Å². The van der Waals surface area contributed by atoms with Gasteiger partial charge in [-0.1, -0.05) is 0 Å². The Hall–Kier alpha value is 0.875. The zero-order valence-corrected chi connectivity index (χ0v) is 5.33. The SMILES string of the molecule is F.OB(O)O.[Na]. The van der Waals surface area contributed by atoms with E-state index in [1.807, 2.05) is 0 Å². The maximum Gasteiger partial charge on any atom is 0.631 e. The summed E-state index contributed by atoms with van der Waals surface area (Å²) >= 11 is 0. The Morgan fingerprint density at radius 1 is 1.00 bits per heavy atom. The number of hydrogen-bond acceptors (Lipinski definition) is 3. The van der Waals surface area contributed by atoms with Gasteiger partial charge in [0.2, 0.25) is 0 Å². The second-order valence-electron chi connectivity index (χ2n) is 0.346. The molecule has 0 aromatic heterocycles. The summed E-state index contributed by atoms with van der Waals surface area (Å²) in [6.07, 6.45) is 0. The van der Waals surface area contributed by atoms with E-state index in [9.17, 15) is 0 Å². The summed E-state index contributed by atoms with van der Waals surface area (Å²) in [5, 5.41) is 21.5. The molecule has 6 heteroatoms. The van der Waals surface area contributed by atoms with E-state index < -0.39 is 7.32 Å². The second-order valence-corrected chi connectivity index (χ2v) is 0.346. The minimum Gasteiger partial charge on any atom is -0.402 e. The topological polar surface area (TPSA) is 60.7 Å². The molecule has 0 aliphatic carbocycles. The number of hydrogen-bond donors (Lipinski definition) is 3. The van der Waals surface area contributed by atoms with Crippen molar-refractivity contribution in [2.75, 3.05) is 0 Å². The third-order valence-corrected chi connectivity index (χ3v) is 0. The third-order valence-electron chi connectivity index (χ3n) is 0. The average molecular weight is 105 g/mol. The first-order chi connectivity index (χ1) is 1.73. The van der Waals surface area contributed by atoms with Gasteiger partial charge in [0.15, 0.2) is 0 Å². The molecular formula is H4BFNaO3. The molecule has 0 saturated carbocycles. The van der Waals surface area contributed by atoms with E-state index in [2.05, 4.69) is 0 Å². The number of halogens is 1. The Bertz CT molecular complexity index is 15.5. The largest absolute Gasteiger partial charge is 0.631 e. The fraction of sp³-hybridized carbons (Fsp3) is 0. The molecule has 3 N–H and O–H groups in total. The van der Waals surface area contributed by atoms with Crippen LogP contribution >= 0.6 is 0 Å². The van der Waals surface area contributed by atoms with E-state index in [-0.39, 0.29) is 34.3 Å². The Morgan fingerprint density at radius 3 is 1.00 bits per heavy atom. The molecule has 0 heterocycles. The molecule has 0 spiro atoms. The Morgan fingerprint density at radius 2 is 1.00 bits per heavy atom. The Labute approximate surface area is 56.8 Å². The van der Waals surface area contributed by atoms with Crippen molar-refractivity contribution < 1.29 is 19.8 Å². The monoisotopic (exact) mass is 105 g/mol. The first kappa shape index (κ1) is 15.8. The van der Waals surface area contributed by atoms with Gasteiger partial charge in [-0.25, -0.2) is 0 Å². The summed E-state index contributed by atoms with van der Waals surface area (Å²) in [5.41, 5.74) is 0. The van der Waals surface area contributed by atoms with Crippen LogP contribution < -0.4 is 0 Å². The fourth-order valence-electron chi connectivity index (χ4n) is 0. The summed E-state index contributed by atoms with van der Waals surface area (Å²) in [7, 11) is -2.17. The van der Waals surface area contributed by atoms with Crippen molar-refractivity contribution in [3.05, 3.63) is 0 Å². The molecule has 1 radical (unpaired) electrons. The van der Waals surface area contributed by atoms with Gasteiger partial charge in [-0.15, -0.1) is 0 Å². The standard InChI is InChI=1S/BH3O3.FH.Na/c2-1(3)4;;/h2-4H;1H;. The zero-order chi connectivity index (χ0) is 3.58. The quantitative estimate of drug-likeness (QED) is 0.304. The molecule has 0 unspecified atom stereocenters. The van der Waals surface area contributed by atoms with Crippen LogP contribution in [0, 0.1) is 0 Å². The minimum atomic E-state index is -2.17. The van der Waals surface area contributed by atoms with Crippen molar-refractivity contribution in [2.24, 2.45) is 0 Å². The molecule has 0 aromatic carbocycles. The smallest absolute Gasteiger partial charge is 0.402 e. The molecule has 0 atom stereocenters. The molecule has 0 rings (SSSR count). The molecule has 3 nitrogen and oxygen atoms in total. The molecule has 0 fully saturated rings. The van der Waals surface area contributed by atoms with Gasteiger partial charge in [0.25, 0.3) is 0 Å². The summed E-state index contributed by atoms with van der Waals surface area (Å²) < 4.78 is 0. The predicted octanol–water partition coefficient (Wildman–Crippen LogP) is -2.28. The molecule has 0 aliphatic heterocycles. The predicted molar refractivity (Wildman–Crippen MR) is 20.7 cm³/mol. The maximum absolute atomic E-state index is 7.17. The Kier molecular flexibility index (Phi) is 24.5. The maximum atomic E-state index is 7.17. The minimum absolute atomic E-state index is 0. The van der Waals surface area contributed by atoms with Gasteiger partial charge in [0, 0.05) is 29.6 Å². The van der Waals surface area contributed by atoms with Crippen molar-refractivity contribution in [3.8, 4) is 0 Å². The molecule has 0 amide bonds. The molecule has 6 heavy (non-hydrogen) atoms. The summed E-state index contributed by atoms with van der Waals surface area (Å²) in [5.74, 6) is 0. The van der Waals surface area contributed by atoms with Crippen LogP contribution in [-0.4, -0.2) is 52.0 Å². The van der Waals surface area contributed by atoms with Crippen LogP contribution in [0.2, 0.25) is 0 Å². The van der Waals surface area contributed by atoms with Crippen molar-refractivity contribution in [3.63, 3.8) is 0 Å². The van der Waals surface area contributed by atoms with Crippen LogP contribution in [0.25, 0.3) is 0 Å². The first-order valence-electron chi connectivity index (χ1n) is 0.775. The first-order valence-corrected chi connectivity index (χ1v) is 0.775. The molecule has 33 valence electrons. The van der Waals surface area contributed by atoms with Crippen molar-refractivity contribution in [1.82, 2.24) is 0 Å². The van der Waals surface area contributed by atoms with Gasteiger partial charge in [-0.3, -0.25) is 4.70 Å². The van der Waals surface area contributed by atoms with Crippen molar-refractivity contribution in [2.45, 2.75) is 0 Å². The van der Waals surface area contributed by atoms with E-state index in [4.69, 9.17) is 15.1 Å². The summed E-state index contributed by atoms with van der Waals surface area (Å²) in [6, 6.07) is 0. The van der Waals surface area contributed by atoms with Crippen molar-refractivity contribution in [1.29, 1.82) is 0 Å². The van der Waals surface area contributed by atoms with Crippen LogP contribution in [0.5, 0.6) is 0 Å². The van der Waals surface area contributed by atoms with E-state index in [0.717, 1.165) is 0 Å². The average Bonchev–Trinajstić information content (AvgIpc) is 0.811. The molecule has 0 aromatic rings. The van der Waals surface area contributed by atoms with Gasteiger partial charge in [-0.2, -0.15) is 0 Å². The van der Waals surface area contributed by atoms with Crippen LogP contribution in [0.15, 0.2) is 0 Å². The van der Waals surface area contributed by atoms with Crippen molar-refractivity contribution >= 4 is 36.9 Å². The van der Waals surface area contributed by atoms with Gasteiger partial charge < -0.3 is 15.1 Å². The van der Waals surface area contributed by atoms with E-state index in [0.29, 0.717) is 0 Å². The van der Waals surface area contributed by atoms with E-state index in [1.54, 1.807) is 0 Å². The fourth-order valence-corrected chi connectivity index (χ4v) is 0. The summed E-state index contributed by atoms with van der Waals surface area (Å²) in [6.45, 7) is 0. The molecular weight excluding hydrogens is 101 g/mol. The molecule has 0 saturated heterocycles. The van der Waals surface area contributed by atoms with Crippen LogP contribution in [0.4, 0.5) is 4.70 Å². The Balaban J connectivity index is -0.0000000450. The van der Waals surface area contributed by atoms with Crippen LogP contribution in [-0.2, 0) is 0 Å². The number of rotatable bonds is 0. The van der Waals surface area contributed by atoms with E-state index in [1.165, 1.54) is 0 Å². The second kappa shape index (κ2) is 9.30. The molecule has 0 bridgehead atoms. The van der Waals surface area contributed by atoms with Gasteiger partial charge in [0.1, 0.15) is 0 Å². The zero-order valence-electron chi connectivity index (χ0n) is 3.33.